The van der Waals surface area contributed by atoms with E-state index in [0.717, 1.165) is 61.1 Å². The van der Waals surface area contributed by atoms with Gasteiger partial charge in [-0.05, 0) is 0 Å². The number of morpholine rings is 1. The van der Waals surface area contributed by atoms with Crippen LogP contribution in [0.25, 0.3) is 3.33 Å². The second kappa shape index (κ2) is 8.27. The maximum atomic E-state index is 6.26. The van der Waals surface area contributed by atoms with Crippen LogP contribution in [0.3, 0.4) is 0 Å². The Morgan fingerprint density at radius 3 is 2.54 bits per heavy atom. The molecule has 0 spiro atoms. The molecule has 3 aliphatic rings. The van der Waals surface area contributed by atoms with Crippen LogP contribution >= 0.6 is 15.9 Å². The molecule has 0 aliphatic carbocycles. The molecule has 28 heavy (non-hydrogen) atoms. The summed E-state index contributed by atoms with van der Waals surface area (Å²) >= 11 is 2.88. The minimum absolute atomic E-state index is 0.754. The van der Waals surface area contributed by atoms with Gasteiger partial charge in [-0.15, -0.1) is 0 Å². The first-order valence-electron chi connectivity index (χ1n) is 9.69. The summed E-state index contributed by atoms with van der Waals surface area (Å²) in [6.07, 6.45) is 4.50. The van der Waals surface area contributed by atoms with Crippen LogP contribution in [-0.2, 0) is 4.74 Å². The van der Waals surface area contributed by atoms with Crippen LogP contribution in [0, 0.1) is 0 Å². The Bertz CT molecular complexity index is 954. The van der Waals surface area contributed by atoms with Crippen LogP contribution in [0.15, 0.2) is 56.9 Å². The molecule has 141 valence electrons. The molecule has 4 nitrogen and oxygen atoms in total. The first-order valence-corrected chi connectivity index (χ1v) is 14.0. The van der Waals surface area contributed by atoms with Gasteiger partial charge in [0.05, 0.1) is 0 Å². The molecule has 6 heteroatoms. The molecule has 1 radical (unpaired) electrons. The number of benzene rings is 2. The van der Waals surface area contributed by atoms with Gasteiger partial charge in [0.25, 0.3) is 0 Å². The first kappa shape index (κ1) is 18.8. The van der Waals surface area contributed by atoms with Crippen LogP contribution in [0.1, 0.15) is 5.56 Å². The second-order valence-corrected chi connectivity index (χ2v) is 11.9. The quantitative estimate of drug-likeness (QED) is 0.567. The summed E-state index contributed by atoms with van der Waals surface area (Å²) in [5, 5.41) is 0. The second-order valence-electron chi connectivity index (χ2n) is 7.18. The van der Waals surface area contributed by atoms with Crippen LogP contribution in [0.5, 0.6) is 11.5 Å². The number of anilines is 2. The van der Waals surface area contributed by atoms with Crippen molar-refractivity contribution in [3.63, 3.8) is 0 Å². The third-order valence-electron chi connectivity index (χ3n) is 5.42. The average molecular weight is 540 g/mol. The van der Waals surface area contributed by atoms with E-state index in [2.05, 4.69) is 72.0 Å². The van der Waals surface area contributed by atoms with Gasteiger partial charge in [0.15, 0.2) is 0 Å². The fourth-order valence-corrected chi connectivity index (χ4v) is 7.17. The number of hydrogen-bond acceptors (Lipinski definition) is 4. The zero-order chi connectivity index (χ0) is 18.9. The van der Waals surface area contributed by atoms with E-state index in [-0.39, 0.29) is 0 Å². The molecule has 0 amide bonds. The number of halogens is 1. The van der Waals surface area contributed by atoms with Crippen molar-refractivity contribution >= 4 is 53.5 Å². The molecule has 3 aliphatic heterocycles. The molecule has 5 rings (SSSR count). The van der Waals surface area contributed by atoms with Crippen LogP contribution in [-0.4, -0.2) is 67.2 Å². The molecule has 1 saturated heterocycles. The Morgan fingerprint density at radius 2 is 1.75 bits per heavy atom. The number of allylic oxidation sites excluding steroid dienone is 2. The van der Waals surface area contributed by atoms with Crippen molar-refractivity contribution in [1.82, 2.24) is 4.90 Å². The van der Waals surface area contributed by atoms with Crippen molar-refractivity contribution in [3.05, 3.63) is 62.4 Å². The molecule has 1 fully saturated rings. The third kappa shape index (κ3) is 3.80. The summed E-state index contributed by atoms with van der Waals surface area (Å²) in [5.74, 6) is 1.87. The first-order chi connectivity index (χ1) is 13.8. The molecular weight excluding hydrogens is 519 g/mol. The summed E-state index contributed by atoms with van der Waals surface area (Å²) < 4.78 is 16.8. The van der Waals surface area contributed by atoms with Crippen LogP contribution in [0.4, 0.5) is 11.4 Å². The van der Waals surface area contributed by atoms with E-state index in [1.54, 1.807) is 3.33 Å². The Labute approximate surface area is 185 Å². The van der Waals surface area contributed by atoms with E-state index in [4.69, 9.17) is 9.47 Å². The number of ether oxygens (including phenoxy) is 2. The Balaban J connectivity index is 1.49. The van der Waals surface area contributed by atoms with Crippen molar-refractivity contribution in [2.75, 3.05) is 44.3 Å². The number of nitrogens with zero attached hydrogens (tertiary/aromatic N) is 2. The van der Waals surface area contributed by atoms with Gasteiger partial charge in [-0.2, -0.15) is 0 Å². The molecule has 0 bridgehead atoms. The zero-order valence-corrected chi connectivity index (χ0v) is 20.5. The van der Waals surface area contributed by atoms with Gasteiger partial charge in [-0.25, -0.2) is 0 Å². The SMILES string of the molecule is Brc1ccc2c(c1)N(CCN1CCOCC1)c1cc([C]3=CC=[CH][In]3)ccc1O2. The Kier molecular flexibility index (Phi) is 5.55. The predicted molar refractivity (Wildman–Crippen MR) is 118 cm³/mol. The molecule has 0 aromatic heterocycles. The van der Waals surface area contributed by atoms with Crippen molar-refractivity contribution in [2.24, 2.45) is 0 Å². The van der Waals surface area contributed by atoms with E-state index in [1.807, 2.05) is 6.07 Å². The third-order valence-corrected chi connectivity index (χ3v) is 9.62. The van der Waals surface area contributed by atoms with Gasteiger partial charge in [-0.1, -0.05) is 0 Å². The standard InChI is InChI=1S/C22H21BrN2O2.In/c1-2-3-4-17-5-7-21-19(15-17)25(10-9-24-11-13-26-14-12-24)20-16-18(23)6-8-22(20)27-21;/h1-3,5-8,15-16H,9-14H2;. The average Bonchev–Trinajstić information content (AvgIpc) is 3.27. The molecular formula is C22H21BrInN2O2. The summed E-state index contributed by atoms with van der Waals surface area (Å²) in [6, 6.07) is 12.9. The molecule has 0 atom stereocenters. The number of hydrogen-bond donors (Lipinski definition) is 0. The Morgan fingerprint density at radius 1 is 0.964 bits per heavy atom. The molecule has 3 heterocycles. The summed E-state index contributed by atoms with van der Waals surface area (Å²) in [5.41, 5.74) is 3.66. The van der Waals surface area contributed by atoms with Gasteiger partial charge in [0.1, 0.15) is 0 Å². The van der Waals surface area contributed by atoms with E-state index in [1.165, 1.54) is 11.3 Å². The molecule has 2 aromatic carbocycles. The maximum absolute atomic E-state index is 6.26. The normalized spacial score (nSPS) is 18.2. The molecule has 2 aromatic rings. The molecule has 0 saturated carbocycles. The summed E-state index contributed by atoms with van der Waals surface area (Å²) in [6.45, 7) is 5.63. The Hall–Kier alpha value is -1.21. The van der Waals surface area contributed by atoms with Crippen LogP contribution < -0.4 is 9.64 Å². The molecule has 0 unspecified atom stereocenters. The number of rotatable bonds is 4. The van der Waals surface area contributed by atoms with Crippen molar-refractivity contribution < 1.29 is 9.47 Å². The van der Waals surface area contributed by atoms with Crippen molar-refractivity contribution in [3.8, 4) is 11.5 Å². The van der Waals surface area contributed by atoms with E-state index in [9.17, 15) is 0 Å². The van der Waals surface area contributed by atoms with E-state index < -0.39 is 22.9 Å². The van der Waals surface area contributed by atoms with Gasteiger partial charge in [0.2, 0.25) is 0 Å². The monoisotopic (exact) mass is 539 g/mol. The number of fused-ring (bicyclic) bond motifs is 2. The minimum atomic E-state index is -0.754. The molecule has 0 N–H and O–H groups in total. The van der Waals surface area contributed by atoms with Crippen LogP contribution in [0.2, 0.25) is 0 Å². The van der Waals surface area contributed by atoms with Crippen molar-refractivity contribution in [2.45, 2.75) is 0 Å². The summed E-state index contributed by atoms with van der Waals surface area (Å²) in [4.78, 5) is 4.91. The van der Waals surface area contributed by atoms with E-state index in [0.29, 0.717) is 0 Å². The zero-order valence-electron chi connectivity index (χ0n) is 15.6. The van der Waals surface area contributed by atoms with Gasteiger partial charge in [0, 0.05) is 0 Å². The van der Waals surface area contributed by atoms with Gasteiger partial charge in [-0.3, -0.25) is 0 Å². The topological polar surface area (TPSA) is 24.9 Å². The van der Waals surface area contributed by atoms with Gasteiger partial charge < -0.3 is 0 Å². The van der Waals surface area contributed by atoms with E-state index >= 15 is 0 Å². The fraction of sp³-hybridized carbons (Fsp3) is 0.273. The van der Waals surface area contributed by atoms with Crippen molar-refractivity contribution in [1.29, 1.82) is 0 Å². The van der Waals surface area contributed by atoms with Gasteiger partial charge >= 0.3 is 186 Å². The predicted octanol–water partition coefficient (Wildman–Crippen LogP) is 4.60. The summed E-state index contributed by atoms with van der Waals surface area (Å²) in [7, 11) is 0. The fourth-order valence-electron chi connectivity index (χ4n) is 3.90.